The summed E-state index contributed by atoms with van der Waals surface area (Å²) < 4.78 is 41.0. The van der Waals surface area contributed by atoms with Gasteiger partial charge < -0.3 is 9.47 Å². The number of ether oxygens (including phenoxy) is 2. The Morgan fingerprint density at radius 1 is 1.05 bits per heavy atom. The van der Waals surface area contributed by atoms with Gasteiger partial charge in [0, 0.05) is 23.9 Å². The maximum Gasteiger partial charge on any atom is 0.320 e. The van der Waals surface area contributed by atoms with Crippen LogP contribution in [0.3, 0.4) is 0 Å². The molecule has 3 aromatic heterocycles. The van der Waals surface area contributed by atoms with Crippen molar-refractivity contribution >= 4 is 20.4 Å². The Labute approximate surface area is 236 Å². The maximum absolute atomic E-state index is 14.5. The van der Waals surface area contributed by atoms with Crippen molar-refractivity contribution in [3.63, 3.8) is 0 Å². The van der Waals surface area contributed by atoms with Crippen molar-refractivity contribution in [1.29, 1.82) is 0 Å². The lowest BCUT2D eigenvalue weighted by atomic mass is 9.80. The number of aldehydes is 1. The largest absolute Gasteiger partial charge is 0.471 e. The Morgan fingerprint density at radius 3 is 2.30 bits per heavy atom. The number of aryl methyl sites for hydroxylation is 1. The van der Waals surface area contributed by atoms with Gasteiger partial charge in [-0.15, -0.1) is 14.0 Å². The molecule has 3 rings (SSSR count). The molecule has 0 radical (unpaired) electrons. The SMILES string of the molecule is CCC(C(=P)c1cc(-c2cnc(OC(C)(C)C)nc2OC(C)(C)C)nnc1C)C(c1ccnc(C=O)c1)C(F)F. The zero-order valence-electron chi connectivity index (χ0n) is 24.1. The summed E-state index contributed by atoms with van der Waals surface area (Å²) in [5, 5.41) is 9.22. The number of pyridine rings is 1. The Hall–Kier alpha value is -3.39. The summed E-state index contributed by atoms with van der Waals surface area (Å²) in [4.78, 5) is 24.0. The maximum atomic E-state index is 14.5. The van der Waals surface area contributed by atoms with Gasteiger partial charge in [-0.1, -0.05) is 6.92 Å². The Kier molecular flexibility index (Phi) is 9.67. The fourth-order valence-corrected chi connectivity index (χ4v) is 4.84. The Morgan fingerprint density at radius 2 is 1.73 bits per heavy atom. The van der Waals surface area contributed by atoms with Gasteiger partial charge >= 0.3 is 6.01 Å². The van der Waals surface area contributed by atoms with Gasteiger partial charge in [0.25, 0.3) is 0 Å². The molecule has 0 aromatic carbocycles. The van der Waals surface area contributed by atoms with E-state index in [0.717, 1.165) is 0 Å². The summed E-state index contributed by atoms with van der Waals surface area (Å²) in [5.74, 6) is -1.55. The number of aromatic nitrogens is 5. The van der Waals surface area contributed by atoms with Gasteiger partial charge in [0.1, 0.15) is 22.6 Å². The number of halogens is 2. The minimum absolute atomic E-state index is 0.0998. The fraction of sp³-hybridized carbons (Fsp3) is 0.483. The molecule has 11 heteroatoms. The van der Waals surface area contributed by atoms with Crippen molar-refractivity contribution in [2.24, 2.45) is 5.92 Å². The van der Waals surface area contributed by atoms with E-state index >= 15 is 0 Å². The van der Waals surface area contributed by atoms with Crippen molar-refractivity contribution in [2.75, 3.05) is 0 Å². The van der Waals surface area contributed by atoms with Crippen LogP contribution in [0.2, 0.25) is 0 Å². The highest BCUT2D eigenvalue weighted by atomic mass is 31.0. The summed E-state index contributed by atoms with van der Waals surface area (Å²) in [5.41, 5.74) is 1.38. The van der Waals surface area contributed by atoms with E-state index in [1.807, 2.05) is 48.5 Å². The minimum atomic E-state index is -2.69. The molecule has 2 unspecified atom stereocenters. The molecule has 40 heavy (non-hydrogen) atoms. The van der Waals surface area contributed by atoms with E-state index in [0.29, 0.717) is 46.1 Å². The number of hydrogen-bond donors (Lipinski definition) is 0. The summed E-state index contributed by atoms with van der Waals surface area (Å²) in [6.07, 6.45) is 1.18. The predicted octanol–water partition coefficient (Wildman–Crippen LogP) is 6.54. The highest BCUT2D eigenvalue weighted by molar-refractivity contribution is 7.22. The summed E-state index contributed by atoms with van der Waals surface area (Å²) in [7, 11) is 3.70. The second-order valence-electron chi connectivity index (χ2n) is 11.4. The molecule has 0 fully saturated rings. The van der Waals surface area contributed by atoms with E-state index < -0.39 is 29.5 Å². The highest BCUT2D eigenvalue weighted by Gasteiger charge is 2.34. The molecular formula is C29H36F2N5O3P. The smallest absolute Gasteiger partial charge is 0.320 e. The molecule has 0 N–H and O–H groups in total. The molecule has 3 aromatic rings. The first kappa shape index (κ1) is 31.1. The third kappa shape index (κ3) is 7.84. The van der Waals surface area contributed by atoms with Crippen LogP contribution in [0.5, 0.6) is 11.9 Å². The molecule has 0 aliphatic heterocycles. The normalized spacial score (nSPS) is 13.6. The van der Waals surface area contributed by atoms with E-state index in [1.54, 1.807) is 19.2 Å². The average molecular weight is 572 g/mol. The van der Waals surface area contributed by atoms with Crippen LogP contribution in [0, 0.1) is 12.8 Å². The van der Waals surface area contributed by atoms with Crippen molar-refractivity contribution in [3.8, 4) is 23.1 Å². The van der Waals surface area contributed by atoms with Crippen LogP contribution in [-0.4, -0.2) is 54.4 Å². The van der Waals surface area contributed by atoms with Gasteiger partial charge in [0.2, 0.25) is 12.3 Å². The molecule has 0 saturated heterocycles. The lowest BCUT2D eigenvalue weighted by Gasteiger charge is -2.28. The molecule has 3 heterocycles. The number of alkyl halides is 2. The lowest BCUT2D eigenvalue weighted by Crippen LogP contribution is -2.27. The van der Waals surface area contributed by atoms with Crippen molar-refractivity contribution in [2.45, 2.75) is 85.4 Å². The molecule has 8 nitrogen and oxygen atoms in total. The third-order valence-corrected chi connectivity index (χ3v) is 6.54. The monoisotopic (exact) mass is 571 g/mol. The fourth-order valence-electron chi connectivity index (χ4n) is 4.20. The number of rotatable bonds is 10. The van der Waals surface area contributed by atoms with Crippen molar-refractivity contribution in [3.05, 3.63) is 53.1 Å². The first-order valence-corrected chi connectivity index (χ1v) is 13.5. The van der Waals surface area contributed by atoms with Crippen LogP contribution >= 0.6 is 8.86 Å². The number of nitrogens with zero attached hydrogens (tertiary/aromatic N) is 5. The molecule has 0 saturated carbocycles. The number of carbonyl (C=O) groups is 1. The van der Waals surface area contributed by atoms with Gasteiger partial charge in [-0.25, -0.2) is 13.8 Å². The zero-order chi connectivity index (χ0) is 29.8. The second kappa shape index (κ2) is 12.4. The topological polar surface area (TPSA) is 100.0 Å². The van der Waals surface area contributed by atoms with Gasteiger partial charge in [0.05, 0.1) is 17.2 Å². The second-order valence-corrected chi connectivity index (χ2v) is 12.0. The standard InChI is InChI=1S/C29H36F2N5O3P/c1-9-19(23(25(30)31)17-10-11-32-18(12-17)15-37)24(40)20-13-22(36-35-16(20)2)21-14-33-27(39-29(6,7)8)34-26(21)38-28(3,4)5/h10-15,19,23,25,40H,9H2,1-8H3. The summed E-state index contributed by atoms with van der Waals surface area (Å²) in [6, 6.07) is 4.84. The van der Waals surface area contributed by atoms with Crippen LogP contribution in [0.1, 0.15) is 88.1 Å². The molecule has 0 spiro atoms. The van der Waals surface area contributed by atoms with Crippen LogP contribution in [-0.2, 0) is 0 Å². The predicted molar refractivity (Wildman–Crippen MR) is 153 cm³/mol. The van der Waals surface area contributed by atoms with Gasteiger partial charge in [-0.3, -0.25) is 9.78 Å². The van der Waals surface area contributed by atoms with E-state index in [4.69, 9.17) is 9.47 Å². The summed E-state index contributed by atoms with van der Waals surface area (Å²) in [6.45, 7) is 15.0. The quantitative estimate of drug-likeness (QED) is 0.200. The van der Waals surface area contributed by atoms with Gasteiger partial charge in [-0.05, 0) is 83.9 Å². The molecule has 214 valence electrons. The molecule has 0 bridgehead atoms. The zero-order valence-corrected chi connectivity index (χ0v) is 25.1. The van der Waals surface area contributed by atoms with Gasteiger partial charge in [0.15, 0.2) is 6.29 Å². The molecule has 0 amide bonds. The van der Waals surface area contributed by atoms with E-state index in [9.17, 15) is 13.6 Å². The average Bonchev–Trinajstić information content (AvgIpc) is 2.85. The highest BCUT2D eigenvalue weighted by Crippen LogP contribution is 2.38. The molecule has 2 atom stereocenters. The van der Waals surface area contributed by atoms with E-state index in [-0.39, 0.29) is 17.6 Å². The lowest BCUT2D eigenvalue weighted by molar-refractivity contribution is 0.0981. The first-order chi connectivity index (χ1) is 18.6. The third-order valence-electron chi connectivity index (χ3n) is 5.90. The minimum Gasteiger partial charge on any atom is -0.471 e. The van der Waals surface area contributed by atoms with Crippen molar-refractivity contribution < 1.29 is 23.0 Å². The molecular weight excluding hydrogens is 535 g/mol. The number of carbonyl (C=O) groups excluding carboxylic acids is 1. The van der Waals surface area contributed by atoms with E-state index in [2.05, 4.69) is 34.0 Å². The van der Waals surface area contributed by atoms with E-state index in [1.165, 1.54) is 18.3 Å². The summed E-state index contributed by atoms with van der Waals surface area (Å²) >= 11 is 0. The van der Waals surface area contributed by atoms with Crippen LogP contribution in [0.15, 0.2) is 30.6 Å². The van der Waals surface area contributed by atoms with Crippen LogP contribution < -0.4 is 9.47 Å². The van der Waals surface area contributed by atoms with Gasteiger partial charge in [-0.2, -0.15) is 10.1 Å². The Bertz CT molecular complexity index is 1370. The van der Waals surface area contributed by atoms with Crippen LogP contribution in [0.25, 0.3) is 11.3 Å². The van der Waals surface area contributed by atoms with Crippen molar-refractivity contribution in [1.82, 2.24) is 25.1 Å². The number of hydrogen-bond acceptors (Lipinski definition) is 8. The first-order valence-electron chi connectivity index (χ1n) is 13.0. The molecule has 0 aliphatic carbocycles. The Balaban J connectivity index is 2.09. The molecule has 0 aliphatic rings. The van der Waals surface area contributed by atoms with Crippen LogP contribution in [0.4, 0.5) is 8.78 Å².